The summed E-state index contributed by atoms with van der Waals surface area (Å²) in [5.74, 6) is 0.789. The fraction of sp³-hybridized carbons (Fsp3) is 0.278. The van der Waals surface area contributed by atoms with Crippen molar-refractivity contribution in [3.05, 3.63) is 59.1 Å². The lowest BCUT2D eigenvalue weighted by Crippen LogP contribution is -2.24. The molecule has 0 spiro atoms. The second-order valence-corrected chi connectivity index (χ2v) is 5.74. The molecule has 0 radical (unpaired) electrons. The number of ketones is 1. The van der Waals surface area contributed by atoms with E-state index in [2.05, 4.69) is 5.32 Å². The summed E-state index contributed by atoms with van der Waals surface area (Å²) >= 11 is 5.95. The molecule has 2 rings (SSSR count). The van der Waals surface area contributed by atoms with Crippen LogP contribution >= 0.6 is 11.6 Å². The van der Waals surface area contributed by atoms with Gasteiger partial charge in [0.2, 0.25) is 0 Å². The molecule has 2 unspecified atom stereocenters. The number of anilines is 1. The van der Waals surface area contributed by atoms with Gasteiger partial charge in [0.1, 0.15) is 11.5 Å². The van der Waals surface area contributed by atoms with Crippen LogP contribution in [0.25, 0.3) is 0 Å². The Bertz CT molecular complexity index is 623. The topological polar surface area (TPSA) is 38.3 Å². The van der Waals surface area contributed by atoms with Gasteiger partial charge in [-0.05, 0) is 48.9 Å². The number of hydrogen-bond acceptors (Lipinski definition) is 3. The number of nitrogens with one attached hydrogen (secondary N) is 1. The molecule has 1 N–H and O–H groups in total. The largest absolute Gasteiger partial charge is 0.497 e. The third kappa shape index (κ3) is 4.01. The van der Waals surface area contributed by atoms with Crippen molar-refractivity contribution in [1.82, 2.24) is 0 Å². The number of carbonyl (C=O) groups is 1. The molecule has 0 heterocycles. The summed E-state index contributed by atoms with van der Waals surface area (Å²) in [6.07, 6.45) is 0. The summed E-state index contributed by atoms with van der Waals surface area (Å²) < 4.78 is 5.16. The first-order valence-corrected chi connectivity index (χ1v) is 7.55. The SMILES string of the molecule is COc1ccc(NC(c2ccc(Cl)cc2)C(C)C(C)=O)cc1. The van der Waals surface area contributed by atoms with E-state index < -0.39 is 0 Å². The van der Waals surface area contributed by atoms with Crippen LogP contribution in [0.5, 0.6) is 5.75 Å². The molecule has 3 nitrogen and oxygen atoms in total. The molecule has 2 aromatic carbocycles. The molecule has 22 heavy (non-hydrogen) atoms. The maximum Gasteiger partial charge on any atom is 0.135 e. The molecular formula is C18H20ClNO2. The Morgan fingerprint density at radius 2 is 1.68 bits per heavy atom. The molecule has 0 aliphatic carbocycles. The molecule has 0 saturated carbocycles. The Balaban J connectivity index is 2.27. The van der Waals surface area contributed by atoms with Gasteiger partial charge in [0.05, 0.1) is 13.2 Å². The summed E-state index contributed by atoms with van der Waals surface area (Å²) in [6, 6.07) is 15.1. The number of carbonyl (C=O) groups excluding carboxylic acids is 1. The Labute approximate surface area is 136 Å². The lowest BCUT2D eigenvalue weighted by Gasteiger charge is -2.25. The molecule has 0 aliphatic rings. The average molecular weight is 318 g/mol. The van der Waals surface area contributed by atoms with Crippen molar-refractivity contribution in [3.63, 3.8) is 0 Å². The van der Waals surface area contributed by atoms with Crippen LogP contribution in [0.3, 0.4) is 0 Å². The number of rotatable bonds is 6. The van der Waals surface area contributed by atoms with E-state index in [9.17, 15) is 4.79 Å². The molecule has 0 aromatic heterocycles. The second-order valence-electron chi connectivity index (χ2n) is 5.30. The Morgan fingerprint density at radius 1 is 1.09 bits per heavy atom. The predicted octanol–water partition coefficient (Wildman–Crippen LogP) is 4.73. The number of ether oxygens (including phenoxy) is 1. The van der Waals surface area contributed by atoms with Crippen LogP contribution in [0, 0.1) is 5.92 Å². The van der Waals surface area contributed by atoms with Gasteiger partial charge in [-0.2, -0.15) is 0 Å². The number of benzene rings is 2. The van der Waals surface area contributed by atoms with Crippen LogP contribution < -0.4 is 10.1 Å². The normalized spacial score (nSPS) is 13.3. The van der Waals surface area contributed by atoms with Crippen LogP contribution in [0.2, 0.25) is 5.02 Å². The van der Waals surface area contributed by atoms with Crippen molar-refractivity contribution in [2.45, 2.75) is 19.9 Å². The average Bonchev–Trinajstić information content (AvgIpc) is 2.53. The van der Waals surface area contributed by atoms with Gasteiger partial charge in [0.25, 0.3) is 0 Å². The molecule has 2 aromatic rings. The molecule has 0 saturated heterocycles. The van der Waals surface area contributed by atoms with Crippen LogP contribution in [-0.4, -0.2) is 12.9 Å². The van der Waals surface area contributed by atoms with E-state index in [0.29, 0.717) is 5.02 Å². The maximum atomic E-state index is 11.8. The zero-order valence-corrected chi connectivity index (χ0v) is 13.7. The van der Waals surface area contributed by atoms with Gasteiger partial charge < -0.3 is 10.1 Å². The van der Waals surface area contributed by atoms with Crippen molar-refractivity contribution < 1.29 is 9.53 Å². The quantitative estimate of drug-likeness (QED) is 0.837. The van der Waals surface area contributed by atoms with E-state index in [1.54, 1.807) is 14.0 Å². The third-order valence-electron chi connectivity index (χ3n) is 3.78. The minimum absolute atomic E-state index is 0.108. The third-order valence-corrected chi connectivity index (χ3v) is 4.03. The van der Waals surface area contributed by atoms with E-state index in [1.807, 2.05) is 55.5 Å². The second kappa shape index (κ2) is 7.32. The standard InChI is InChI=1S/C18H20ClNO2/c1-12(13(2)21)18(14-4-6-15(19)7-5-14)20-16-8-10-17(22-3)11-9-16/h4-12,18,20H,1-3H3. The molecule has 0 amide bonds. The molecule has 116 valence electrons. The first-order valence-electron chi connectivity index (χ1n) is 7.17. The van der Waals surface area contributed by atoms with Gasteiger partial charge in [-0.15, -0.1) is 0 Å². The van der Waals surface area contributed by atoms with Crippen molar-refractivity contribution >= 4 is 23.1 Å². The smallest absolute Gasteiger partial charge is 0.135 e. The number of hydrogen-bond donors (Lipinski definition) is 1. The van der Waals surface area contributed by atoms with Crippen LogP contribution in [0.4, 0.5) is 5.69 Å². The van der Waals surface area contributed by atoms with E-state index in [0.717, 1.165) is 17.0 Å². The zero-order valence-electron chi connectivity index (χ0n) is 13.0. The van der Waals surface area contributed by atoms with Crippen molar-refractivity contribution in [1.29, 1.82) is 0 Å². The van der Waals surface area contributed by atoms with Crippen molar-refractivity contribution in [2.24, 2.45) is 5.92 Å². The number of methoxy groups -OCH3 is 1. The highest BCUT2D eigenvalue weighted by Gasteiger charge is 2.22. The van der Waals surface area contributed by atoms with E-state index in [-0.39, 0.29) is 17.7 Å². The molecule has 0 fully saturated rings. The van der Waals surface area contributed by atoms with Crippen molar-refractivity contribution in [2.75, 3.05) is 12.4 Å². The molecule has 0 bridgehead atoms. The van der Waals surface area contributed by atoms with Crippen molar-refractivity contribution in [3.8, 4) is 5.75 Å². The van der Waals surface area contributed by atoms with Gasteiger partial charge >= 0.3 is 0 Å². The monoisotopic (exact) mass is 317 g/mol. The maximum absolute atomic E-state index is 11.8. The summed E-state index contributed by atoms with van der Waals surface area (Å²) in [5.41, 5.74) is 1.97. The number of halogens is 1. The Morgan fingerprint density at radius 3 is 2.18 bits per heavy atom. The lowest BCUT2D eigenvalue weighted by atomic mass is 9.91. The lowest BCUT2D eigenvalue weighted by molar-refractivity contribution is -0.120. The highest BCUT2D eigenvalue weighted by atomic mass is 35.5. The first-order chi connectivity index (χ1) is 10.5. The fourth-order valence-electron chi connectivity index (χ4n) is 2.27. The van der Waals surface area contributed by atoms with Crippen LogP contribution in [0.15, 0.2) is 48.5 Å². The van der Waals surface area contributed by atoms with Gasteiger partial charge in [0.15, 0.2) is 0 Å². The van der Waals surface area contributed by atoms with Crippen LogP contribution in [-0.2, 0) is 4.79 Å². The summed E-state index contributed by atoms with van der Waals surface area (Å²) in [4.78, 5) is 11.8. The summed E-state index contributed by atoms with van der Waals surface area (Å²) in [5, 5.41) is 4.11. The van der Waals surface area contributed by atoms with Gasteiger partial charge in [0, 0.05) is 16.6 Å². The minimum atomic E-state index is -0.150. The molecule has 0 aliphatic heterocycles. The summed E-state index contributed by atoms with van der Waals surface area (Å²) in [7, 11) is 1.64. The van der Waals surface area contributed by atoms with E-state index in [4.69, 9.17) is 16.3 Å². The summed E-state index contributed by atoms with van der Waals surface area (Å²) in [6.45, 7) is 3.54. The first kappa shape index (κ1) is 16.4. The molecule has 4 heteroatoms. The van der Waals surface area contributed by atoms with Crippen LogP contribution in [0.1, 0.15) is 25.5 Å². The molecular weight excluding hydrogens is 298 g/mol. The fourth-order valence-corrected chi connectivity index (χ4v) is 2.39. The Kier molecular flexibility index (Phi) is 5.45. The predicted molar refractivity (Wildman–Crippen MR) is 90.7 cm³/mol. The molecule has 2 atom stereocenters. The Hall–Kier alpha value is -2.00. The highest BCUT2D eigenvalue weighted by molar-refractivity contribution is 6.30. The van der Waals surface area contributed by atoms with E-state index in [1.165, 1.54) is 0 Å². The van der Waals surface area contributed by atoms with Gasteiger partial charge in [-0.1, -0.05) is 30.7 Å². The van der Waals surface area contributed by atoms with Gasteiger partial charge in [-0.25, -0.2) is 0 Å². The minimum Gasteiger partial charge on any atom is -0.497 e. The highest BCUT2D eigenvalue weighted by Crippen LogP contribution is 2.29. The zero-order chi connectivity index (χ0) is 16.1. The van der Waals surface area contributed by atoms with Gasteiger partial charge in [-0.3, -0.25) is 4.79 Å². The van der Waals surface area contributed by atoms with E-state index >= 15 is 0 Å². The number of Topliss-reactive ketones (excluding diaryl/α,β-unsaturated/α-hetero) is 1.